The van der Waals surface area contributed by atoms with E-state index in [9.17, 15) is 4.79 Å². The molecule has 158 valence electrons. The number of hydrogen-bond donors (Lipinski definition) is 1. The van der Waals surface area contributed by atoms with Gasteiger partial charge in [-0.15, -0.1) is 11.3 Å². The monoisotopic (exact) mass is 433 g/mol. The number of benzene rings is 1. The highest BCUT2D eigenvalue weighted by Gasteiger charge is 2.29. The number of imidazole rings is 1. The third-order valence-electron chi connectivity index (χ3n) is 5.60. The predicted molar refractivity (Wildman–Crippen MR) is 121 cm³/mol. The van der Waals surface area contributed by atoms with E-state index in [-0.39, 0.29) is 11.8 Å². The lowest BCUT2D eigenvalue weighted by Gasteiger charge is -2.32. The fourth-order valence-electron chi connectivity index (χ4n) is 4.05. The highest BCUT2D eigenvalue weighted by molar-refractivity contribution is 7.15. The van der Waals surface area contributed by atoms with Crippen LogP contribution in [0.15, 0.2) is 60.2 Å². The van der Waals surface area contributed by atoms with E-state index in [1.54, 1.807) is 36.8 Å². The summed E-state index contributed by atoms with van der Waals surface area (Å²) in [5.41, 5.74) is 2.64. The van der Waals surface area contributed by atoms with Crippen molar-refractivity contribution in [2.75, 3.05) is 25.5 Å². The Balaban J connectivity index is 1.38. The molecule has 3 aromatic heterocycles. The van der Waals surface area contributed by atoms with Crippen molar-refractivity contribution >= 4 is 33.7 Å². The summed E-state index contributed by atoms with van der Waals surface area (Å²) in [6, 6.07) is 13.5. The summed E-state index contributed by atoms with van der Waals surface area (Å²) < 4.78 is 7.19. The number of carbonyl (C=O) groups excluding carboxylic acids is 1. The second-order valence-electron chi connectivity index (χ2n) is 7.57. The Morgan fingerprint density at radius 2 is 2.10 bits per heavy atom. The number of nitrogens with zero attached hydrogens (tertiary/aromatic N) is 4. The number of methoxy groups -OCH3 is 1. The molecule has 1 fully saturated rings. The van der Waals surface area contributed by atoms with Gasteiger partial charge in [-0.2, -0.15) is 0 Å². The van der Waals surface area contributed by atoms with E-state index < -0.39 is 0 Å². The molecule has 7 nitrogen and oxygen atoms in total. The molecule has 4 aromatic rings. The number of thiazole rings is 1. The molecule has 0 radical (unpaired) electrons. The first-order chi connectivity index (χ1) is 15.2. The summed E-state index contributed by atoms with van der Waals surface area (Å²) in [4.78, 5) is 25.2. The molecule has 1 aliphatic rings. The Kier molecular flexibility index (Phi) is 5.30. The van der Waals surface area contributed by atoms with Crippen LogP contribution in [-0.2, 0) is 0 Å². The van der Waals surface area contributed by atoms with Gasteiger partial charge < -0.3 is 15.0 Å². The van der Waals surface area contributed by atoms with Gasteiger partial charge in [0.15, 0.2) is 0 Å². The molecule has 1 aliphatic heterocycles. The molecule has 0 bridgehead atoms. The third-order valence-corrected chi connectivity index (χ3v) is 6.49. The van der Waals surface area contributed by atoms with E-state index in [0.717, 1.165) is 41.5 Å². The first kappa shape index (κ1) is 19.6. The van der Waals surface area contributed by atoms with Crippen molar-refractivity contribution in [1.29, 1.82) is 0 Å². The molecular weight excluding hydrogens is 410 g/mol. The molecule has 5 rings (SSSR count). The quantitative estimate of drug-likeness (QED) is 0.499. The first-order valence-electron chi connectivity index (χ1n) is 10.3. The summed E-state index contributed by atoms with van der Waals surface area (Å²) >= 11 is 1.68. The van der Waals surface area contributed by atoms with Gasteiger partial charge in [0.05, 0.1) is 18.4 Å². The lowest BCUT2D eigenvalue weighted by atomic mass is 9.95. The van der Waals surface area contributed by atoms with Crippen molar-refractivity contribution < 1.29 is 9.53 Å². The van der Waals surface area contributed by atoms with Crippen LogP contribution >= 0.6 is 11.3 Å². The van der Waals surface area contributed by atoms with Gasteiger partial charge in [-0.1, -0.05) is 18.2 Å². The number of ether oxygens (including phenoxy) is 1. The van der Waals surface area contributed by atoms with Crippen LogP contribution in [0, 0.1) is 0 Å². The number of piperidine rings is 1. The Morgan fingerprint density at radius 1 is 1.23 bits per heavy atom. The van der Waals surface area contributed by atoms with Crippen LogP contribution in [0.25, 0.3) is 4.83 Å². The van der Waals surface area contributed by atoms with Crippen LogP contribution in [0.2, 0.25) is 0 Å². The Hall–Kier alpha value is -3.39. The molecule has 4 heterocycles. The second-order valence-corrected chi connectivity index (χ2v) is 8.46. The summed E-state index contributed by atoms with van der Waals surface area (Å²) in [6.45, 7) is 1.40. The van der Waals surface area contributed by atoms with Crippen molar-refractivity contribution in [2.24, 2.45) is 0 Å². The minimum Gasteiger partial charge on any atom is -0.481 e. The maximum absolute atomic E-state index is 13.0. The molecule has 0 unspecified atom stereocenters. The number of amides is 1. The van der Waals surface area contributed by atoms with Crippen molar-refractivity contribution in [3.05, 3.63) is 71.5 Å². The largest absolute Gasteiger partial charge is 0.481 e. The Morgan fingerprint density at radius 3 is 2.87 bits per heavy atom. The Labute approximate surface area is 184 Å². The zero-order valence-corrected chi connectivity index (χ0v) is 18.0. The maximum Gasteiger partial charge on any atom is 0.255 e. The van der Waals surface area contributed by atoms with E-state index in [1.807, 2.05) is 41.4 Å². The van der Waals surface area contributed by atoms with E-state index >= 15 is 0 Å². The van der Waals surface area contributed by atoms with Crippen molar-refractivity contribution in [3.63, 3.8) is 0 Å². The van der Waals surface area contributed by atoms with Crippen LogP contribution in [-0.4, -0.2) is 45.4 Å². The summed E-state index contributed by atoms with van der Waals surface area (Å²) in [5, 5.41) is 5.50. The van der Waals surface area contributed by atoms with Gasteiger partial charge in [0.1, 0.15) is 4.83 Å². The van der Waals surface area contributed by atoms with Gasteiger partial charge in [0.2, 0.25) is 11.8 Å². The third kappa shape index (κ3) is 3.86. The normalized spacial score (nSPS) is 16.4. The number of aromatic nitrogens is 3. The van der Waals surface area contributed by atoms with E-state index in [4.69, 9.17) is 9.72 Å². The van der Waals surface area contributed by atoms with Crippen LogP contribution < -0.4 is 10.1 Å². The highest BCUT2D eigenvalue weighted by Crippen LogP contribution is 2.34. The van der Waals surface area contributed by atoms with E-state index in [2.05, 4.69) is 20.1 Å². The number of fused-ring (bicyclic) bond motifs is 1. The smallest absolute Gasteiger partial charge is 0.255 e. The number of nitrogens with one attached hydrogen (secondary N) is 1. The standard InChI is InChI=1S/C23H23N5O2S/c1-30-19-10-9-16(14-24-19)21(29)27-11-5-6-17(15-27)20-22-28(12-13-31-22)23(26-20)25-18-7-3-2-4-8-18/h2-4,7-10,12-14,17H,5-6,11,15H2,1H3,(H,25,26)/t17-/m0/s1. The zero-order valence-electron chi connectivity index (χ0n) is 17.2. The number of anilines is 2. The molecule has 1 amide bonds. The SMILES string of the molecule is COc1ccc(C(=O)N2CCC[C@H](c3nc(Nc4ccccc4)n4ccsc34)C2)cn1. The summed E-state index contributed by atoms with van der Waals surface area (Å²) in [5.74, 6) is 1.51. The van der Waals surface area contributed by atoms with E-state index in [1.165, 1.54) is 0 Å². The van der Waals surface area contributed by atoms with Gasteiger partial charge in [-0.05, 0) is 31.0 Å². The first-order valence-corrected chi connectivity index (χ1v) is 11.2. The molecule has 0 saturated carbocycles. The molecule has 1 atom stereocenters. The van der Waals surface area contributed by atoms with Crippen LogP contribution in [0.3, 0.4) is 0 Å². The molecule has 31 heavy (non-hydrogen) atoms. The number of carbonyl (C=O) groups is 1. The van der Waals surface area contributed by atoms with E-state index in [0.29, 0.717) is 18.0 Å². The lowest BCUT2D eigenvalue weighted by molar-refractivity contribution is 0.0706. The van der Waals surface area contributed by atoms with Crippen LogP contribution in [0.1, 0.15) is 34.8 Å². The fourth-order valence-corrected chi connectivity index (χ4v) is 4.95. The molecule has 1 aromatic carbocycles. The molecule has 1 N–H and O–H groups in total. The number of para-hydroxylation sites is 1. The van der Waals surface area contributed by atoms with Gasteiger partial charge >= 0.3 is 0 Å². The zero-order chi connectivity index (χ0) is 21.2. The number of hydrogen-bond acceptors (Lipinski definition) is 6. The summed E-state index contributed by atoms with van der Waals surface area (Å²) in [7, 11) is 1.57. The molecule has 1 saturated heterocycles. The number of rotatable bonds is 5. The molecule has 0 aliphatic carbocycles. The van der Waals surface area contributed by atoms with Crippen LogP contribution in [0.4, 0.5) is 11.6 Å². The van der Waals surface area contributed by atoms with Crippen LogP contribution in [0.5, 0.6) is 5.88 Å². The van der Waals surface area contributed by atoms with Gasteiger partial charge in [-0.25, -0.2) is 9.97 Å². The average molecular weight is 434 g/mol. The molecule has 8 heteroatoms. The van der Waals surface area contributed by atoms with Crippen molar-refractivity contribution in [3.8, 4) is 5.88 Å². The lowest BCUT2D eigenvalue weighted by Crippen LogP contribution is -2.39. The van der Waals surface area contributed by atoms with Gasteiger partial charge in [0.25, 0.3) is 5.91 Å². The van der Waals surface area contributed by atoms with Crippen molar-refractivity contribution in [1.82, 2.24) is 19.3 Å². The molecule has 0 spiro atoms. The van der Waals surface area contributed by atoms with Gasteiger partial charge in [-0.3, -0.25) is 9.20 Å². The number of likely N-dealkylation sites (tertiary alicyclic amines) is 1. The highest BCUT2D eigenvalue weighted by atomic mass is 32.1. The minimum absolute atomic E-state index is 0.00381. The predicted octanol–water partition coefficient (Wildman–Crippen LogP) is 4.56. The van der Waals surface area contributed by atoms with Gasteiger partial charge in [0, 0.05) is 48.5 Å². The average Bonchev–Trinajstić information content (AvgIpc) is 3.43. The minimum atomic E-state index is 0.00381. The topological polar surface area (TPSA) is 71.8 Å². The number of pyridine rings is 1. The molecular formula is C23H23N5O2S. The Bertz CT molecular complexity index is 1190. The summed E-state index contributed by atoms with van der Waals surface area (Å²) in [6.07, 6.45) is 5.59. The van der Waals surface area contributed by atoms with Crippen molar-refractivity contribution in [2.45, 2.75) is 18.8 Å². The maximum atomic E-state index is 13.0. The fraction of sp³-hybridized carbons (Fsp3) is 0.261. The second kappa shape index (κ2) is 8.39.